The van der Waals surface area contributed by atoms with Gasteiger partial charge in [-0.05, 0) is 34.2 Å². The Bertz CT molecular complexity index is 116. The van der Waals surface area contributed by atoms with Gasteiger partial charge in [0.05, 0.1) is 6.01 Å². The highest BCUT2D eigenvalue weighted by Crippen LogP contribution is 2.02. The van der Waals surface area contributed by atoms with Gasteiger partial charge in [0, 0.05) is 12.1 Å². The van der Waals surface area contributed by atoms with Gasteiger partial charge in [0.2, 0.25) is 0 Å². The second kappa shape index (κ2) is 8.44. The van der Waals surface area contributed by atoms with Crippen LogP contribution in [0.4, 0.5) is 0 Å². The predicted octanol–water partition coefficient (Wildman–Crippen LogP) is 2.44. The van der Waals surface area contributed by atoms with Crippen LogP contribution in [0.2, 0.25) is 0 Å². The molecule has 0 aliphatic heterocycles. The van der Waals surface area contributed by atoms with E-state index in [2.05, 4.69) is 39.5 Å². The molecule has 0 heterocycles. The summed E-state index contributed by atoms with van der Waals surface area (Å²) >= 11 is 0. The third-order valence-electron chi connectivity index (χ3n) is 1.69. The van der Waals surface area contributed by atoms with E-state index in [1.807, 2.05) is 0 Å². The number of hydrogen-bond donors (Lipinski definition) is 2. The molecule has 0 aromatic heterocycles. The van der Waals surface area contributed by atoms with Crippen molar-refractivity contribution >= 4 is 6.01 Å². The van der Waals surface area contributed by atoms with Gasteiger partial charge < -0.3 is 0 Å². The minimum Gasteiger partial charge on any atom is -0.299 e. The van der Waals surface area contributed by atoms with E-state index in [0.29, 0.717) is 12.1 Å². The maximum atomic E-state index is 5.62. The molecule has 0 radical (unpaired) electrons. The van der Waals surface area contributed by atoms with Crippen molar-refractivity contribution in [1.29, 1.82) is 10.8 Å². The van der Waals surface area contributed by atoms with Crippen molar-refractivity contribution in [1.82, 2.24) is 4.90 Å². The van der Waals surface area contributed by atoms with Gasteiger partial charge in [-0.3, -0.25) is 4.90 Å². The fourth-order valence-electron chi connectivity index (χ4n) is 1.33. The summed E-state index contributed by atoms with van der Waals surface area (Å²) in [5.74, 6) is 0. The van der Waals surface area contributed by atoms with Crippen LogP contribution in [0.15, 0.2) is 0 Å². The van der Waals surface area contributed by atoms with Gasteiger partial charge in [-0.2, -0.15) is 0 Å². The molecule has 0 aliphatic carbocycles. The molecule has 3 nitrogen and oxygen atoms in total. The first-order valence-electron chi connectivity index (χ1n) is 4.35. The van der Waals surface area contributed by atoms with E-state index < -0.39 is 0 Å². The van der Waals surface area contributed by atoms with Crippen LogP contribution in [0.1, 0.15) is 34.6 Å². The molecular weight excluding hydrogens is 150 g/mol. The molecule has 0 aromatic rings. The minimum absolute atomic E-state index is 0.690. The van der Waals surface area contributed by atoms with Crippen molar-refractivity contribution in [2.45, 2.75) is 46.7 Å². The molecule has 3 heteroatoms. The van der Waals surface area contributed by atoms with Crippen molar-refractivity contribution in [2.24, 2.45) is 0 Å². The lowest BCUT2D eigenvalue weighted by Gasteiger charge is -2.28. The van der Waals surface area contributed by atoms with E-state index in [0.717, 1.165) is 6.54 Å². The number of nitrogens with zero attached hydrogens (tertiary/aromatic N) is 1. The third-order valence-corrected chi connectivity index (χ3v) is 1.69. The molecule has 0 spiro atoms. The first kappa shape index (κ1) is 13.9. The molecule has 0 bridgehead atoms. The average Bonchev–Trinajstić information content (AvgIpc) is 1.88. The van der Waals surface area contributed by atoms with Crippen LogP contribution in [-0.4, -0.2) is 29.5 Å². The topological polar surface area (TPSA) is 50.9 Å². The lowest BCUT2D eigenvalue weighted by molar-refractivity contribution is 0.185. The van der Waals surface area contributed by atoms with Crippen molar-refractivity contribution in [3.63, 3.8) is 0 Å². The van der Waals surface area contributed by atoms with E-state index in [1.54, 1.807) is 0 Å². The highest BCUT2D eigenvalue weighted by molar-refractivity contribution is 5.29. The van der Waals surface area contributed by atoms with Gasteiger partial charge in [0.25, 0.3) is 0 Å². The normalized spacial score (nSPS) is 9.67. The summed E-state index contributed by atoms with van der Waals surface area (Å²) in [4.78, 5) is 2.46. The molecule has 2 N–H and O–H groups in total. The average molecular weight is 171 g/mol. The number of rotatable bonds is 3. The molecule has 72 valence electrons. The van der Waals surface area contributed by atoms with Gasteiger partial charge in [0.1, 0.15) is 0 Å². The molecule has 0 rings (SSSR count). The van der Waals surface area contributed by atoms with Gasteiger partial charge >= 0.3 is 0 Å². The summed E-state index contributed by atoms with van der Waals surface area (Å²) in [7, 11) is 0. The zero-order valence-corrected chi connectivity index (χ0v) is 8.81. The first-order chi connectivity index (χ1) is 5.51. The standard InChI is InChI=1S/C8H19N.CH2N2/c1-6-9(7(2)3)8(4)5;2-1-3/h7-8H,6H2,1-5H3;2-3H. The molecule has 12 heavy (non-hydrogen) atoms. The number of nitrogens with one attached hydrogen (secondary N) is 2. The van der Waals surface area contributed by atoms with Crippen LogP contribution < -0.4 is 0 Å². The molecule has 0 amide bonds. The van der Waals surface area contributed by atoms with E-state index in [1.165, 1.54) is 6.01 Å². The van der Waals surface area contributed by atoms with Crippen LogP contribution in [0, 0.1) is 10.8 Å². The molecule has 0 atom stereocenters. The van der Waals surface area contributed by atoms with Crippen LogP contribution in [0.5, 0.6) is 0 Å². The zero-order chi connectivity index (χ0) is 10.1. The van der Waals surface area contributed by atoms with Gasteiger partial charge in [-0.15, -0.1) is 0 Å². The minimum atomic E-state index is 0.690. The second-order valence-electron chi connectivity index (χ2n) is 3.14. The Balaban J connectivity index is 0. The smallest absolute Gasteiger partial charge is 0.0831 e. The second-order valence-corrected chi connectivity index (χ2v) is 3.14. The Labute approximate surface area is 75.8 Å². The Morgan fingerprint density at radius 1 is 1.08 bits per heavy atom. The van der Waals surface area contributed by atoms with Crippen LogP contribution in [0.3, 0.4) is 0 Å². The summed E-state index contributed by atoms with van der Waals surface area (Å²) in [6.07, 6.45) is 0. The zero-order valence-electron chi connectivity index (χ0n) is 8.81. The predicted molar refractivity (Wildman–Crippen MR) is 53.1 cm³/mol. The van der Waals surface area contributed by atoms with Crippen LogP contribution in [0.25, 0.3) is 0 Å². The maximum Gasteiger partial charge on any atom is 0.0831 e. The van der Waals surface area contributed by atoms with Crippen LogP contribution >= 0.6 is 0 Å². The Morgan fingerprint density at radius 3 is 1.33 bits per heavy atom. The largest absolute Gasteiger partial charge is 0.299 e. The Kier molecular flexibility index (Phi) is 9.77. The van der Waals surface area contributed by atoms with Crippen molar-refractivity contribution in [3.05, 3.63) is 0 Å². The van der Waals surface area contributed by atoms with Gasteiger partial charge in [-0.1, -0.05) is 6.92 Å². The van der Waals surface area contributed by atoms with E-state index >= 15 is 0 Å². The molecule has 0 unspecified atom stereocenters. The summed E-state index contributed by atoms with van der Waals surface area (Å²) in [5.41, 5.74) is 0. The highest BCUT2D eigenvalue weighted by Gasteiger charge is 2.08. The Hall–Kier alpha value is -0.660. The summed E-state index contributed by atoms with van der Waals surface area (Å²) in [6.45, 7) is 12.3. The highest BCUT2D eigenvalue weighted by atomic mass is 15.2. The summed E-state index contributed by atoms with van der Waals surface area (Å²) in [6, 6.07) is 2.63. The third kappa shape index (κ3) is 7.45. The first-order valence-corrected chi connectivity index (χ1v) is 4.35. The molecule has 0 saturated carbocycles. The molecule has 0 aliphatic rings. The molecular formula is C9H21N3. The quantitative estimate of drug-likeness (QED) is 0.630. The Morgan fingerprint density at radius 2 is 1.33 bits per heavy atom. The number of hydrogen-bond acceptors (Lipinski definition) is 3. The van der Waals surface area contributed by atoms with Crippen molar-refractivity contribution in [2.75, 3.05) is 6.54 Å². The SMILES string of the molecule is CCN(C(C)C)C(C)C.N=C=N. The summed E-state index contributed by atoms with van der Waals surface area (Å²) in [5, 5.41) is 11.2. The van der Waals surface area contributed by atoms with E-state index in [-0.39, 0.29) is 0 Å². The fourth-order valence-corrected chi connectivity index (χ4v) is 1.33. The van der Waals surface area contributed by atoms with Crippen molar-refractivity contribution < 1.29 is 0 Å². The van der Waals surface area contributed by atoms with Crippen LogP contribution in [-0.2, 0) is 0 Å². The monoisotopic (exact) mass is 171 g/mol. The molecule has 0 saturated heterocycles. The van der Waals surface area contributed by atoms with Gasteiger partial charge in [-0.25, -0.2) is 10.8 Å². The van der Waals surface area contributed by atoms with Gasteiger partial charge in [0.15, 0.2) is 0 Å². The maximum absolute atomic E-state index is 5.62. The lowest BCUT2D eigenvalue weighted by atomic mass is 10.2. The van der Waals surface area contributed by atoms with E-state index in [4.69, 9.17) is 10.8 Å². The molecule has 0 fully saturated rings. The van der Waals surface area contributed by atoms with E-state index in [9.17, 15) is 0 Å². The van der Waals surface area contributed by atoms with Crippen molar-refractivity contribution in [3.8, 4) is 0 Å². The summed E-state index contributed by atoms with van der Waals surface area (Å²) < 4.78 is 0. The molecule has 0 aromatic carbocycles. The lowest BCUT2D eigenvalue weighted by Crippen LogP contribution is -2.36. The fraction of sp³-hybridized carbons (Fsp3) is 0.889.